The summed E-state index contributed by atoms with van der Waals surface area (Å²) < 4.78 is 3.15. The molecule has 1 fully saturated rings. The number of fused-ring (bicyclic) bond motifs is 1. The molecule has 1 aromatic carbocycles. The van der Waals surface area contributed by atoms with Gasteiger partial charge in [-0.1, -0.05) is 21.1 Å². The lowest BCUT2D eigenvalue weighted by atomic mass is 10.0. The van der Waals surface area contributed by atoms with Crippen LogP contribution in [0.15, 0.2) is 16.6 Å². The number of aryl methyl sites for hydroxylation is 1. The molecule has 17 heavy (non-hydrogen) atoms. The van der Waals surface area contributed by atoms with Gasteiger partial charge in [-0.05, 0) is 31.7 Å². The van der Waals surface area contributed by atoms with Crippen molar-refractivity contribution < 1.29 is 0 Å². The zero-order valence-electron chi connectivity index (χ0n) is 10.0. The van der Waals surface area contributed by atoms with Crippen LogP contribution in [0.2, 0.25) is 0 Å². The number of likely N-dealkylation sites (tertiary alicyclic amines) is 1. The van der Waals surface area contributed by atoms with Crippen molar-refractivity contribution in [1.82, 2.24) is 19.9 Å². The maximum Gasteiger partial charge on any atom is 0.113 e. The first-order valence-corrected chi connectivity index (χ1v) is 6.60. The first kappa shape index (κ1) is 11.2. The van der Waals surface area contributed by atoms with Gasteiger partial charge in [-0.25, -0.2) is 4.68 Å². The average Bonchev–Trinajstić information content (AvgIpc) is 2.60. The van der Waals surface area contributed by atoms with Crippen molar-refractivity contribution in [3.63, 3.8) is 0 Å². The van der Waals surface area contributed by atoms with Crippen molar-refractivity contribution in [3.05, 3.63) is 22.2 Å². The summed E-state index contributed by atoms with van der Waals surface area (Å²) in [5, 5.41) is 8.48. The lowest BCUT2D eigenvalue weighted by Gasteiger charge is -2.35. The molecule has 0 radical (unpaired) electrons. The van der Waals surface area contributed by atoms with E-state index in [1.807, 2.05) is 4.68 Å². The molecule has 1 aromatic heterocycles. The third-order valence-electron chi connectivity index (χ3n) is 3.37. The van der Waals surface area contributed by atoms with Gasteiger partial charge >= 0.3 is 0 Å². The van der Waals surface area contributed by atoms with Gasteiger partial charge in [-0.2, -0.15) is 0 Å². The smallest absolute Gasteiger partial charge is 0.113 e. The van der Waals surface area contributed by atoms with Crippen molar-refractivity contribution in [2.24, 2.45) is 5.92 Å². The van der Waals surface area contributed by atoms with Gasteiger partial charge in [0.05, 0.1) is 5.52 Å². The maximum absolute atomic E-state index is 4.25. The van der Waals surface area contributed by atoms with Gasteiger partial charge in [0.1, 0.15) is 5.52 Å². The van der Waals surface area contributed by atoms with E-state index in [-0.39, 0.29) is 0 Å². The Balaban J connectivity index is 1.92. The minimum atomic E-state index is 0.713. The summed E-state index contributed by atoms with van der Waals surface area (Å²) in [6.07, 6.45) is 0. The van der Waals surface area contributed by atoms with E-state index in [2.05, 4.69) is 57.2 Å². The molecule has 1 saturated heterocycles. The molecule has 5 heteroatoms. The largest absolute Gasteiger partial charge is 0.306 e. The van der Waals surface area contributed by atoms with Crippen molar-refractivity contribution in [1.29, 1.82) is 0 Å². The molecule has 0 amide bonds. The van der Waals surface area contributed by atoms with Crippen molar-refractivity contribution in [2.45, 2.75) is 13.5 Å². The normalized spacial score (nSPS) is 17.6. The molecule has 4 nitrogen and oxygen atoms in total. The van der Waals surface area contributed by atoms with Gasteiger partial charge < -0.3 is 4.90 Å². The van der Waals surface area contributed by atoms with Gasteiger partial charge in [0.15, 0.2) is 0 Å². The number of hydrogen-bond acceptors (Lipinski definition) is 3. The zero-order chi connectivity index (χ0) is 12.0. The Morgan fingerprint density at radius 2 is 2.18 bits per heavy atom. The second-order valence-corrected chi connectivity index (χ2v) is 5.80. The highest BCUT2D eigenvalue weighted by Gasteiger charge is 2.24. The summed E-state index contributed by atoms with van der Waals surface area (Å²) in [6, 6.07) is 4.20. The third kappa shape index (κ3) is 1.98. The number of rotatable bonds is 2. The van der Waals surface area contributed by atoms with Crippen molar-refractivity contribution in [2.75, 3.05) is 20.1 Å². The molecule has 0 unspecified atom stereocenters. The standard InChI is InChI=1S/C12H15BrN4/c1-8-3-11-12(4-10(8)13)17(15-14-11)7-9-5-16(2)6-9/h3-4,9H,5-7H2,1-2H3. The van der Waals surface area contributed by atoms with Crippen LogP contribution in [0.25, 0.3) is 11.0 Å². The van der Waals surface area contributed by atoms with Crippen LogP contribution in [0, 0.1) is 12.8 Å². The number of benzene rings is 1. The fourth-order valence-electron chi connectivity index (χ4n) is 2.42. The summed E-state index contributed by atoms with van der Waals surface area (Å²) in [4.78, 5) is 2.32. The quantitative estimate of drug-likeness (QED) is 0.850. The number of nitrogens with zero attached hydrogens (tertiary/aromatic N) is 4. The van der Waals surface area contributed by atoms with E-state index < -0.39 is 0 Å². The molecule has 1 aliphatic rings. The Labute approximate surface area is 109 Å². The van der Waals surface area contributed by atoms with Crippen LogP contribution in [-0.4, -0.2) is 40.0 Å². The molecular weight excluding hydrogens is 280 g/mol. The van der Waals surface area contributed by atoms with Crippen LogP contribution in [0.3, 0.4) is 0 Å². The van der Waals surface area contributed by atoms with Gasteiger partial charge in [0.25, 0.3) is 0 Å². The highest BCUT2D eigenvalue weighted by atomic mass is 79.9. The summed E-state index contributed by atoms with van der Waals surface area (Å²) in [7, 11) is 2.15. The number of hydrogen-bond donors (Lipinski definition) is 0. The lowest BCUT2D eigenvalue weighted by Crippen LogP contribution is -2.45. The van der Waals surface area contributed by atoms with E-state index in [0.717, 1.165) is 35.1 Å². The first-order chi connectivity index (χ1) is 8.13. The molecule has 2 aromatic rings. The third-order valence-corrected chi connectivity index (χ3v) is 4.22. The Bertz CT molecular complexity index is 557. The minimum absolute atomic E-state index is 0.713. The van der Waals surface area contributed by atoms with Gasteiger partial charge in [0, 0.05) is 30.0 Å². The summed E-state index contributed by atoms with van der Waals surface area (Å²) in [5.41, 5.74) is 3.31. The molecule has 0 N–H and O–H groups in total. The van der Waals surface area contributed by atoms with E-state index >= 15 is 0 Å². The van der Waals surface area contributed by atoms with Gasteiger partial charge in [-0.15, -0.1) is 5.10 Å². The highest BCUT2D eigenvalue weighted by Crippen LogP contribution is 2.24. The van der Waals surface area contributed by atoms with Crippen LogP contribution < -0.4 is 0 Å². The van der Waals surface area contributed by atoms with Crippen molar-refractivity contribution in [3.8, 4) is 0 Å². The first-order valence-electron chi connectivity index (χ1n) is 5.81. The fraction of sp³-hybridized carbons (Fsp3) is 0.500. The SMILES string of the molecule is Cc1cc2nnn(CC3CN(C)C3)c2cc1Br. The Morgan fingerprint density at radius 3 is 2.88 bits per heavy atom. The molecule has 1 aliphatic heterocycles. The van der Waals surface area contributed by atoms with E-state index in [4.69, 9.17) is 0 Å². The van der Waals surface area contributed by atoms with Crippen molar-refractivity contribution >= 4 is 27.0 Å². The van der Waals surface area contributed by atoms with E-state index in [1.165, 1.54) is 5.56 Å². The average molecular weight is 295 g/mol. The highest BCUT2D eigenvalue weighted by molar-refractivity contribution is 9.10. The van der Waals surface area contributed by atoms with Crippen LogP contribution >= 0.6 is 15.9 Å². The molecule has 90 valence electrons. The molecule has 0 atom stereocenters. The van der Waals surface area contributed by atoms with Crippen LogP contribution in [0.5, 0.6) is 0 Å². The fourth-order valence-corrected chi connectivity index (χ4v) is 2.75. The van der Waals surface area contributed by atoms with Gasteiger partial charge in [-0.3, -0.25) is 0 Å². The zero-order valence-corrected chi connectivity index (χ0v) is 11.6. The maximum atomic E-state index is 4.25. The Kier molecular flexibility index (Phi) is 2.67. The molecule has 3 rings (SSSR count). The van der Waals surface area contributed by atoms with E-state index in [9.17, 15) is 0 Å². The molecular formula is C12H15BrN4. The second kappa shape index (κ2) is 4.07. The molecule has 2 heterocycles. The van der Waals surface area contributed by atoms with E-state index in [0.29, 0.717) is 5.92 Å². The van der Waals surface area contributed by atoms with Crippen LogP contribution in [-0.2, 0) is 6.54 Å². The number of aromatic nitrogens is 3. The van der Waals surface area contributed by atoms with Gasteiger partial charge in [0.2, 0.25) is 0 Å². The summed E-state index contributed by atoms with van der Waals surface area (Å²) in [5.74, 6) is 0.713. The van der Waals surface area contributed by atoms with Crippen LogP contribution in [0.1, 0.15) is 5.56 Å². The Morgan fingerprint density at radius 1 is 1.41 bits per heavy atom. The predicted octanol–water partition coefficient (Wildman–Crippen LogP) is 2.06. The monoisotopic (exact) mass is 294 g/mol. The molecule has 0 saturated carbocycles. The summed E-state index contributed by atoms with van der Waals surface area (Å²) in [6.45, 7) is 5.36. The number of halogens is 1. The predicted molar refractivity (Wildman–Crippen MR) is 71.0 cm³/mol. The topological polar surface area (TPSA) is 34.0 Å². The summed E-state index contributed by atoms with van der Waals surface area (Å²) >= 11 is 3.56. The minimum Gasteiger partial charge on any atom is -0.306 e. The lowest BCUT2D eigenvalue weighted by molar-refractivity contribution is 0.116. The molecule has 0 spiro atoms. The molecule has 0 bridgehead atoms. The Hall–Kier alpha value is -0.940. The molecule has 0 aliphatic carbocycles. The van der Waals surface area contributed by atoms with E-state index in [1.54, 1.807) is 0 Å². The second-order valence-electron chi connectivity index (χ2n) is 4.95. The van der Waals surface area contributed by atoms with Crippen LogP contribution in [0.4, 0.5) is 0 Å².